The Bertz CT molecular complexity index is 608. The fraction of sp³-hybridized carbons (Fsp3) is 0.278. The number of amides is 1. The van der Waals surface area contributed by atoms with E-state index in [0.29, 0.717) is 17.8 Å². The molecule has 0 saturated heterocycles. The molecule has 0 saturated carbocycles. The second kappa shape index (κ2) is 11.7. The summed E-state index contributed by atoms with van der Waals surface area (Å²) >= 11 is 0. The lowest BCUT2D eigenvalue weighted by Gasteiger charge is -2.16. The van der Waals surface area contributed by atoms with E-state index in [0.717, 1.165) is 19.5 Å². The lowest BCUT2D eigenvalue weighted by atomic mass is 10.1. The summed E-state index contributed by atoms with van der Waals surface area (Å²) in [7, 11) is 2.09. The summed E-state index contributed by atoms with van der Waals surface area (Å²) in [6.07, 6.45) is 0.905. The first-order valence-corrected chi connectivity index (χ1v) is 7.52. The maximum Gasteiger partial charge on any atom is 0.253 e. The number of carbonyl (C=O) groups excluding carboxylic acids is 1. The van der Waals surface area contributed by atoms with Gasteiger partial charge in [-0.05, 0) is 37.7 Å². The average molecular weight is 370 g/mol. The zero-order valence-corrected chi connectivity index (χ0v) is 15.4. The maximum atomic E-state index is 12.0. The van der Waals surface area contributed by atoms with Gasteiger partial charge in [0.25, 0.3) is 5.91 Å². The van der Waals surface area contributed by atoms with E-state index >= 15 is 0 Å². The van der Waals surface area contributed by atoms with Crippen LogP contribution in [-0.2, 0) is 6.54 Å². The van der Waals surface area contributed by atoms with Gasteiger partial charge < -0.3 is 16.0 Å². The second-order valence-electron chi connectivity index (χ2n) is 5.42. The van der Waals surface area contributed by atoms with Crippen LogP contribution in [0, 0.1) is 0 Å². The third-order valence-electron chi connectivity index (χ3n) is 3.50. The fourth-order valence-corrected chi connectivity index (χ4v) is 2.32. The van der Waals surface area contributed by atoms with Crippen molar-refractivity contribution >= 4 is 36.4 Å². The van der Waals surface area contributed by atoms with Crippen LogP contribution in [0.15, 0.2) is 54.6 Å². The van der Waals surface area contributed by atoms with E-state index in [-0.39, 0.29) is 30.7 Å². The third-order valence-corrected chi connectivity index (χ3v) is 3.50. The molecule has 0 radical (unpaired) electrons. The zero-order chi connectivity index (χ0) is 15.8. The molecule has 0 aliphatic heterocycles. The van der Waals surface area contributed by atoms with Gasteiger partial charge in [-0.25, -0.2) is 0 Å². The molecule has 6 heteroatoms. The predicted octanol–water partition coefficient (Wildman–Crippen LogP) is 3.36. The number of nitrogen functional groups attached to an aromatic ring is 1. The van der Waals surface area contributed by atoms with Crippen LogP contribution >= 0.6 is 24.8 Å². The number of hydrogen-bond donors (Lipinski definition) is 2. The van der Waals surface area contributed by atoms with E-state index in [2.05, 4.69) is 29.4 Å². The molecule has 2 rings (SSSR count). The summed E-state index contributed by atoms with van der Waals surface area (Å²) < 4.78 is 0. The predicted molar refractivity (Wildman–Crippen MR) is 105 cm³/mol. The Balaban J connectivity index is 0.00000264. The van der Waals surface area contributed by atoms with Gasteiger partial charge in [-0.3, -0.25) is 4.79 Å². The molecule has 2 aromatic carbocycles. The average Bonchev–Trinajstić information content (AvgIpc) is 2.53. The number of para-hydroxylation sites is 1. The number of rotatable bonds is 7. The van der Waals surface area contributed by atoms with Crippen LogP contribution in [0.25, 0.3) is 0 Å². The quantitative estimate of drug-likeness (QED) is 0.580. The number of nitrogens with two attached hydrogens (primary N) is 1. The van der Waals surface area contributed by atoms with Gasteiger partial charge in [0, 0.05) is 18.8 Å². The molecule has 2 aromatic rings. The van der Waals surface area contributed by atoms with Crippen molar-refractivity contribution in [3.8, 4) is 0 Å². The molecule has 4 nitrogen and oxygen atoms in total. The van der Waals surface area contributed by atoms with Crippen molar-refractivity contribution in [2.24, 2.45) is 0 Å². The number of nitrogens with zero attached hydrogens (tertiary/aromatic N) is 1. The molecule has 1 amide bonds. The molecule has 0 heterocycles. The van der Waals surface area contributed by atoms with Crippen molar-refractivity contribution in [1.29, 1.82) is 0 Å². The van der Waals surface area contributed by atoms with Gasteiger partial charge in [0.1, 0.15) is 0 Å². The molecule has 0 spiro atoms. The highest BCUT2D eigenvalue weighted by Crippen LogP contribution is 2.09. The molecule has 132 valence electrons. The lowest BCUT2D eigenvalue weighted by molar-refractivity contribution is 0.0953. The topological polar surface area (TPSA) is 58.4 Å². The summed E-state index contributed by atoms with van der Waals surface area (Å²) in [4.78, 5) is 14.2. The minimum absolute atomic E-state index is 0. The fourth-order valence-electron chi connectivity index (χ4n) is 2.32. The van der Waals surface area contributed by atoms with Gasteiger partial charge >= 0.3 is 0 Å². The van der Waals surface area contributed by atoms with Crippen molar-refractivity contribution in [1.82, 2.24) is 10.2 Å². The molecule has 0 aliphatic carbocycles. The number of benzene rings is 2. The maximum absolute atomic E-state index is 12.0. The zero-order valence-electron chi connectivity index (χ0n) is 13.8. The SMILES string of the molecule is CN(CCCNC(=O)c1ccccc1N)Cc1ccccc1.Cl.Cl. The standard InChI is InChI=1S/C18H23N3O.2ClH/c1-21(14-15-8-3-2-4-9-15)13-7-12-20-18(22)16-10-5-6-11-17(16)19;;/h2-6,8-11H,7,12-14,19H2,1H3,(H,20,22);2*1H. The van der Waals surface area contributed by atoms with E-state index in [4.69, 9.17) is 5.73 Å². The summed E-state index contributed by atoms with van der Waals surface area (Å²) in [5, 5.41) is 2.91. The Kier molecular flexibility index (Phi) is 10.9. The molecular formula is C18H25Cl2N3O. The van der Waals surface area contributed by atoms with Crippen LogP contribution in [0.5, 0.6) is 0 Å². The Morgan fingerprint density at radius 2 is 1.67 bits per heavy atom. The van der Waals surface area contributed by atoms with Crippen LogP contribution in [-0.4, -0.2) is 30.9 Å². The second-order valence-corrected chi connectivity index (χ2v) is 5.42. The molecule has 0 fully saturated rings. The number of halogens is 2. The molecular weight excluding hydrogens is 345 g/mol. The minimum atomic E-state index is -0.108. The lowest BCUT2D eigenvalue weighted by Crippen LogP contribution is -2.28. The molecule has 0 aromatic heterocycles. The van der Waals surface area contributed by atoms with Gasteiger partial charge in [0.05, 0.1) is 5.56 Å². The summed E-state index contributed by atoms with van der Waals surface area (Å²) in [6, 6.07) is 17.5. The summed E-state index contributed by atoms with van der Waals surface area (Å²) in [5.74, 6) is -0.108. The number of anilines is 1. The molecule has 3 N–H and O–H groups in total. The molecule has 0 unspecified atom stereocenters. The van der Waals surface area contributed by atoms with E-state index in [1.165, 1.54) is 5.56 Å². The van der Waals surface area contributed by atoms with Gasteiger partial charge in [0.2, 0.25) is 0 Å². The van der Waals surface area contributed by atoms with E-state index in [1.807, 2.05) is 30.3 Å². The Labute approximate surface area is 156 Å². The van der Waals surface area contributed by atoms with Crippen LogP contribution in [0.2, 0.25) is 0 Å². The van der Waals surface area contributed by atoms with Crippen LogP contribution in [0.1, 0.15) is 22.3 Å². The normalized spacial score (nSPS) is 9.75. The largest absolute Gasteiger partial charge is 0.398 e. The molecule has 0 aliphatic rings. The Morgan fingerprint density at radius 3 is 2.33 bits per heavy atom. The monoisotopic (exact) mass is 369 g/mol. The highest BCUT2D eigenvalue weighted by molar-refractivity contribution is 5.99. The third kappa shape index (κ3) is 7.21. The highest BCUT2D eigenvalue weighted by Gasteiger charge is 2.08. The smallest absolute Gasteiger partial charge is 0.253 e. The number of carbonyl (C=O) groups is 1. The van der Waals surface area contributed by atoms with Crippen molar-refractivity contribution in [2.45, 2.75) is 13.0 Å². The Morgan fingerprint density at radius 1 is 1.04 bits per heavy atom. The highest BCUT2D eigenvalue weighted by atomic mass is 35.5. The summed E-state index contributed by atoms with van der Waals surface area (Å²) in [5.41, 5.74) is 8.14. The molecule has 0 atom stereocenters. The molecule has 0 bridgehead atoms. The van der Waals surface area contributed by atoms with E-state index < -0.39 is 0 Å². The van der Waals surface area contributed by atoms with E-state index in [9.17, 15) is 4.79 Å². The van der Waals surface area contributed by atoms with Gasteiger partial charge in [-0.1, -0.05) is 42.5 Å². The first-order chi connectivity index (χ1) is 10.7. The first kappa shape index (κ1) is 22.2. The van der Waals surface area contributed by atoms with Crippen molar-refractivity contribution in [3.63, 3.8) is 0 Å². The Hall–Kier alpha value is -1.75. The number of nitrogens with one attached hydrogen (secondary N) is 1. The van der Waals surface area contributed by atoms with Gasteiger partial charge in [-0.15, -0.1) is 24.8 Å². The van der Waals surface area contributed by atoms with Crippen molar-refractivity contribution in [2.75, 3.05) is 25.9 Å². The van der Waals surface area contributed by atoms with Crippen molar-refractivity contribution in [3.05, 3.63) is 65.7 Å². The first-order valence-electron chi connectivity index (χ1n) is 7.52. The molecule has 24 heavy (non-hydrogen) atoms. The summed E-state index contributed by atoms with van der Waals surface area (Å²) in [6.45, 7) is 2.49. The van der Waals surface area contributed by atoms with Crippen molar-refractivity contribution < 1.29 is 4.79 Å². The van der Waals surface area contributed by atoms with E-state index in [1.54, 1.807) is 12.1 Å². The van der Waals surface area contributed by atoms with Crippen LogP contribution < -0.4 is 11.1 Å². The minimum Gasteiger partial charge on any atom is -0.398 e. The number of hydrogen-bond acceptors (Lipinski definition) is 3. The van der Waals surface area contributed by atoms with Crippen LogP contribution in [0.4, 0.5) is 5.69 Å². The van der Waals surface area contributed by atoms with Gasteiger partial charge in [-0.2, -0.15) is 0 Å². The van der Waals surface area contributed by atoms with Crippen LogP contribution in [0.3, 0.4) is 0 Å². The van der Waals surface area contributed by atoms with Gasteiger partial charge in [0.15, 0.2) is 0 Å².